The number of nitrogens with one attached hydrogen (secondary N) is 1. The van der Waals surface area contributed by atoms with Gasteiger partial charge in [0.1, 0.15) is 0 Å². The minimum atomic E-state index is -0.494. The number of carbonyl (C=O) groups excluding carboxylic acids is 3. The third kappa shape index (κ3) is 6.99. The molecule has 2 rings (SSSR count). The third-order valence-corrected chi connectivity index (χ3v) is 4.23. The molecule has 0 saturated heterocycles. The molecule has 0 saturated carbocycles. The maximum absolute atomic E-state index is 12.4. The topological polar surface area (TPSA) is 72.5 Å². The molecule has 1 unspecified atom stereocenters. The smallest absolute Gasteiger partial charge is 0.308 e. The number of aryl methyl sites for hydroxylation is 1. The third-order valence-electron chi connectivity index (χ3n) is 4.23. The van der Waals surface area contributed by atoms with E-state index in [1.54, 1.807) is 38.1 Å². The molecular formula is C23H27NO4. The standard InChI is InChI=1S/C23H27NO4/c1-16(2)28-23(27)15-20(18-11-9-17(3)10-12-18)24-22(26)14-13-21(25)19-7-5-4-6-8-19/h4-12,16,20H,13-15H2,1-3H3,(H,24,26). The van der Waals surface area contributed by atoms with Crippen LogP contribution in [-0.2, 0) is 14.3 Å². The predicted octanol–water partition coefficient (Wildman–Crippen LogP) is 4.16. The van der Waals surface area contributed by atoms with E-state index in [-0.39, 0.29) is 43.0 Å². The van der Waals surface area contributed by atoms with Gasteiger partial charge in [-0.1, -0.05) is 60.2 Å². The molecule has 0 aliphatic rings. The average Bonchev–Trinajstić information content (AvgIpc) is 2.66. The molecule has 5 nitrogen and oxygen atoms in total. The largest absolute Gasteiger partial charge is 0.463 e. The summed E-state index contributed by atoms with van der Waals surface area (Å²) in [4.78, 5) is 36.7. The van der Waals surface area contributed by atoms with Crippen LogP contribution < -0.4 is 5.32 Å². The molecule has 148 valence electrons. The summed E-state index contributed by atoms with van der Waals surface area (Å²) in [5, 5.41) is 2.87. The van der Waals surface area contributed by atoms with Crippen molar-refractivity contribution in [3.8, 4) is 0 Å². The SMILES string of the molecule is Cc1ccc(C(CC(=O)OC(C)C)NC(=O)CCC(=O)c2ccccc2)cc1. The highest BCUT2D eigenvalue weighted by Gasteiger charge is 2.20. The minimum Gasteiger partial charge on any atom is -0.463 e. The van der Waals surface area contributed by atoms with Gasteiger partial charge in [-0.15, -0.1) is 0 Å². The number of hydrogen-bond donors (Lipinski definition) is 1. The summed E-state index contributed by atoms with van der Waals surface area (Å²) in [5.41, 5.74) is 2.51. The van der Waals surface area contributed by atoms with Gasteiger partial charge in [0.25, 0.3) is 0 Å². The maximum Gasteiger partial charge on any atom is 0.308 e. The molecule has 2 aromatic carbocycles. The average molecular weight is 381 g/mol. The summed E-state index contributed by atoms with van der Waals surface area (Å²) >= 11 is 0. The van der Waals surface area contributed by atoms with Crippen molar-refractivity contribution < 1.29 is 19.1 Å². The van der Waals surface area contributed by atoms with Crippen LogP contribution in [0.3, 0.4) is 0 Å². The van der Waals surface area contributed by atoms with Crippen LogP contribution in [0.5, 0.6) is 0 Å². The second-order valence-corrected chi connectivity index (χ2v) is 7.06. The molecule has 0 spiro atoms. The van der Waals surface area contributed by atoms with Crippen LogP contribution in [0.4, 0.5) is 0 Å². The Morgan fingerprint density at radius 2 is 1.57 bits per heavy atom. The van der Waals surface area contributed by atoms with Gasteiger partial charge < -0.3 is 10.1 Å². The lowest BCUT2D eigenvalue weighted by Gasteiger charge is -2.19. The fourth-order valence-electron chi connectivity index (χ4n) is 2.79. The van der Waals surface area contributed by atoms with Crippen molar-refractivity contribution in [2.45, 2.75) is 52.2 Å². The lowest BCUT2D eigenvalue weighted by atomic mass is 10.0. The van der Waals surface area contributed by atoms with Gasteiger partial charge >= 0.3 is 5.97 Å². The van der Waals surface area contributed by atoms with Gasteiger partial charge in [0.05, 0.1) is 18.6 Å². The number of ketones is 1. The molecule has 0 aromatic heterocycles. The van der Waals surface area contributed by atoms with Crippen molar-refractivity contribution in [3.63, 3.8) is 0 Å². The van der Waals surface area contributed by atoms with E-state index in [1.165, 1.54) is 0 Å². The van der Waals surface area contributed by atoms with Crippen LogP contribution in [0.25, 0.3) is 0 Å². The first-order valence-corrected chi connectivity index (χ1v) is 9.49. The number of benzene rings is 2. The van der Waals surface area contributed by atoms with Gasteiger partial charge in [0.15, 0.2) is 5.78 Å². The van der Waals surface area contributed by atoms with Crippen LogP contribution in [0.15, 0.2) is 54.6 Å². The molecule has 0 radical (unpaired) electrons. The monoisotopic (exact) mass is 381 g/mol. The van der Waals surface area contributed by atoms with Crippen molar-refractivity contribution in [3.05, 3.63) is 71.3 Å². The number of hydrogen-bond acceptors (Lipinski definition) is 4. The Labute approximate surface area is 166 Å². The summed E-state index contributed by atoms with van der Waals surface area (Å²) in [6, 6.07) is 16.0. The number of esters is 1. The van der Waals surface area contributed by atoms with Crippen LogP contribution in [0.2, 0.25) is 0 Å². The fourth-order valence-corrected chi connectivity index (χ4v) is 2.79. The zero-order valence-corrected chi connectivity index (χ0v) is 16.6. The lowest BCUT2D eigenvalue weighted by molar-refractivity contribution is -0.148. The Morgan fingerprint density at radius 1 is 0.929 bits per heavy atom. The fraction of sp³-hybridized carbons (Fsp3) is 0.348. The van der Waals surface area contributed by atoms with E-state index in [9.17, 15) is 14.4 Å². The molecule has 1 atom stereocenters. The molecule has 5 heteroatoms. The molecule has 0 aliphatic carbocycles. The summed E-state index contributed by atoms with van der Waals surface area (Å²) < 4.78 is 5.22. The van der Waals surface area contributed by atoms with Crippen LogP contribution in [0, 0.1) is 6.92 Å². The van der Waals surface area contributed by atoms with Gasteiger partial charge in [-0.3, -0.25) is 14.4 Å². The molecule has 0 aliphatic heterocycles. The van der Waals surface area contributed by atoms with Crippen molar-refractivity contribution in [2.24, 2.45) is 0 Å². The Morgan fingerprint density at radius 3 is 2.18 bits per heavy atom. The van der Waals surface area contributed by atoms with Crippen molar-refractivity contribution >= 4 is 17.7 Å². The van der Waals surface area contributed by atoms with Crippen LogP contribution in [-0.4, -0.2) is 23.8 Å². The van der Waals surface area contributed by atoms with Crippen molar-refractivity contribution in [2.75, 3.05) is 0 Å². The Bertz CT molecular complexity index is 797. The molecular weight excluding hydrogens is 354 g/mol. The van der Waals surface area contributed by atoms with E-state index in [0.717, 1.165) is 11.1 Å². The van der Waals surface area contributed by atoms with Gasteiger partial charge in [0, 0.05) is 18.4 Å². The lowest BCUT2D eigenvalue weighted by Crippen LogP contribution is -2.31. The Balaban J connectivity index is 2.00. The van der Waals surface area contributed by atoms with E-state index in [0.29, 0.717) is 5.56 Å². The van der Waals surface area contributed by atoms with Gasteiger partial charge in [-0.25, -0.2) is 0 Å². The molecule has 0 fully saturated rings. The van der Waals surface area contributed by atoms with E-state index in [1.807, 2.05) is 37.3 Å². The first kappa shape index (κ1) is 21.4. The van der Waals surface area contributed by atoms with E-state index >= 15 is 0 Å². The highest BCUT2D eigenvalue weighted by atomic mass is 16.5. The minimum absolute atomic E-state index is 0.0413. The van der Waals surface area contributed by atoms with Crippen molar-refractivity contribution in [1.29, 1.82) is 0 Å². The molecule has 1 amide bonds. The zero-order valence-electron chi connectivity index (χ0n) is 16.6. The molecule has 2 aromatic rings. The first-order chi connectivity index (χ1) is 13.3. The molecule has 28 heavy (non-hydrogen) atoms. The van der Waals surface area contributed by atoms with Crippen LogP contribution >= 0.6 is 0 Å². The normalized spacial score (nSPS) is 11.7. The molecule has 0 heterocycles. The number of amides is 1. The second kappa shape index (κ2) is 10.4. The van der Waals surface area contributed by atoms with Crippen molar-refractivity contribution in [1.82, 2.24) is 5.32 Å². The Hall–Kier alpha value is -2.95. The highest BCUT2D eigenvalue weighted by molar-refractivity contribution is 5.97. The number of carbonyl (C=O) groups is 3. The van der Waals surface area contributed by atoms with Crippen LogP contribution in [0.1, 0.15) is 60.6 Å². The zero-order chi connectivity index (χ0) is 20.5. The number of ether oxygens (including phenoxy) is 1. The van der Waals surface area contributed by atoms with Gasteiger partial charge in [0.2, 0.25) is 5.91 Å². The van der Waals surface area contributed by atoms with E-state index < -0.39 is 6.04 Å². The van der Waals surface area contributed by atoms with Gasteiger partial charge in [-0.05, 0) is 26.3 Å². The summed E-state index contributed by atoms with van der Waals surface area (Å²) in [6.45, 7) is 5.54. The molecule has 1 N–H and O–H groups in total. The van der Waals surface area contributed by atoms with Gasteiger partial charge in [-0.2, -0.15) is 0 Å². The maximum atomic E-state index is 12.4. The molecule has 0 bridgehead atoms. The quantitative estimate of drug-likeness (QED) is 0.523. The summed E-state index contributed by atoms with van der Waals surface area (Å²) in [7, 11) is 0. The van der Waals surface area contributed by atoms with E-state index in [2.05, 4.69) is 5.32 Å². The summed E-state index contributed by atoms with van der Waals surface area (Å²) in [6.07, 6.45) is 0.00679. The van der Waals surface area contributed by atoms with E-state index in [4.69, 9.17) is 4.74 Å². The Kier molecular flexibility index (Phi) is 7.93. The summed E-state index contributed by atoms with van der Waals surface area (Å²) in [5.74, 6) is -0.727. The highest BCUT2D eigenvalue weighted by Crippen LogP contribution is 2.19. The first-order valence-electron chi connectivity index (χ1n) is 9.49. The second-order valence-electron chi connectivity index (χ2n) is 7.06. The number of Topliss-reactive ketones (excluding diaryl/α,β-unsaturated/α-hetero) is 1. The predicted molar refractivity (Wildman–Crippen MR) is 108 cm³/mol. The number of rotatable bonds is 9.